The molecule has 0 aliphatic carbocycles. The lowest BCUT2D eigenvalue weighted by molar-refractivity contribution is 0.399. The van der Waals surface area contributed by atoms with E-state index in [-0.39, 0.29) is 0 Å². The Bertz CT molecular complexity index is 241. The van der Waals surface area contributed by atoms with Crippen molar-refractivity contribution in [3.05, 3.63) is 23.8 Å². The summed E-state index contributed by atoms with van der Waals surface area (Å²) in [6.45, 7) is 8.04. The van der Waals surface area contributed by atoms with Crippen molar-refractivity contribution in [3.63, 3.8) is 0 Å². The molecule has 0 saturated carbocycles. The van der Waals surface area contributed by atoms with E-state index < -0.39 is 0 Å². The monoisotopic (exact) mass is 245 g/mol. The molecule has 5 heteroatoms. The number of aryl methyl sites for hydroxylation is 1. The van der Waals surface area contributed by atoms with Crippen LogP contribution in [0.4, 0.5) is 0 Å². The largest absolute Gasteiger partial charge is 0.400 e. The van der Waals surface area contributed by atoms with Crippen molar-refractivity contribution < 1.29 is 5.11 Å². The standard InChI is InChI=1S/C8H13N3S.C2H6.CH4O/c1-6-4-10-8(11-5-6)3-7(2)12-9;2*1-2/h4-5,7H,3,9H2,1-2H3;1-2H3;2H,1H3. The molecule has 1 aromatic rings. The second kappa shape index (κ2) is 12.4. The van der Waals surface area contributed by atoms with Crippen molar-refractivity contribution in [2.75, 3.05) is 7.11 Å². The Morgan fingerprint density at radius 1 is 1.31 bits per heavy atom. The summed E-state index contributed by atoms with van der Waals surface area (Å²) in [5.41, 5.74) is 1.09. The molecule has 16 heavy (non-hydrogen) atoms. The molecule has 0 amide bonds. The Labute approximate surface area is 103 Å². The van der Waals surface area contributed by atoms with Gasteiger partial charge in [-0.05, 0) is 12.5 Å². The van der Waals surface area contributed by atoms with Gasteiger partial charge in [0, 0.05) is 31.2 Å². The molecule has 4 nitrogen and oxygen atoms in total. The molecule has 1 heterocycles. The first-order chi connectivity index (χ1) is 7.72. The second-order valence-electron chi connectivity index (χ2n) is 2.83. The number of rotatable bonds is 3. The van der Waals surface area contributed by atoms with Crippen molar-refractivity contribution in [2.45, 2.75) is 39.4 Å². The summed E-state index contributed by atoms with van der Waals surface area (Å²) >= 11 is 1.34. The molecule has 0 saturated heterocycles. The maximum Gasteiger partial charge on any atom is 0.129 e. The summed E-state index contributed by atoms with van der Waals surface area (Å²) < 4.78 is 0. The van der Waals surface area contributed by atoms with Crippen LogP contribution in [0.25, 0.3) is 0 Å². The Hall–Kier alpha value is -0.650. The van der Waals surface area contributed by atoms with Gasteiger partial charge in [-0.2, -0.15) is 0 Å². The zero-order valence-corrected chi connectivity index (χ0v) is 11.6. The van der Waals surface area contributed by atoms with Crippen LogP contribution in [0, 0.1) is 6.92 Å². The molecule has 1 unspecified atom stereocenters. The van der Waals surface area contributed by atoms with Gasteiger partial charge in [0.1, 0.15) is 5.82 Å². The van der Waals surface area contributed by atoms with Crippen molar-refractivity contribution >= 4 is 11.9 Å². The molecule has 0 spiro atoms. The topological polar surface area (TPSA) is 72.0 Å². The number of aromatic nitrogens is 2. The van der Waals surface area contributed by atoms with Gasteiger partial charge in [0.25, 0.3) is 0 Å². The van der Waals surface area contributed by atoms with E-state index in [1.807, 2.05) is 33.2 Å². The van der Waals surface area contributed by atoms with Crippen molar-refractivity contribution in [1.29, 1.82) is 0 Å². The quantitative estimate of drug-likeness (QED) is 0.796. The minimum atomic E-state index is 0.382. The zero-order valence-electron chi connectivity index (χ0n) is 10.8. The van der Waals surface area contributed by atoms with E-state index >= 15 is 0 Å². The SMILES string of the molecule is CC.CO.Cc1cnc(CC(C)SN)nc1. The smallest absolute Gasteiger partial charge is 0.129 e. The average Bonchev–Trinajstić information content (AvgIpc) is 2.37. The number of nitrogens with two attached hydrogens (primary N) is 1. The molecule has 1 aromatic heterocycles. The number of aliphatic hydroxyl groups excluding tert-OH is 1. The molecule has 0 aliphatic rings. The van der Waals surface area contributed by atoms with Gasteiger partial charge in [-0.25, -0.2) is 9.97 Å². The van der Waals surface area contributed by atoms with E-state index in [0.29, 0.717) is 5.25 Å². The molecule has 1 atom stereocenters. The van der Waals surface area contributed by atoms with Gasteiger partial charge in [-0.15, -0.1) is 0 Å². The first-order valence-electron chi connectivity index (χ1n) is 5.30. The molecule has 0 radical (unpaired) electrons. The van der Waals surface area contributed by atoms with Crippen LogP contribution in [0.3, 0.4) is 0 Å². The highest BCUT2D eigenvalue weighted by Gasteiger charge is 2.03. The summed E-state index contributed by atoms with van der Waals surface area (Å²) in [7, 11) is 1.00. The third-order valence-corrected chi connectivity index (χ3v) is 2.17. The van der Waals surface area contributed by atoms with Crippen LogP contribution in [-0.2, 0) is 6.42 Å². The van der Waals surface area contributed by atoms with Crippen LogP contribution in [0.5, 0.6) is 0 Å². The molecule has 94 valence electrons. The number of hydrogen-bond donors (Lipinski definition) is 2. The number of nitrogens with zero attached hydrogens (tertiary/aromatic N) is 2. The normalized spacial score (nSPS) is 10.4. The number of hydrogen-bond acceptors (Lipinski definition) is 5. The van der Waals surface area contributed by atoms with Gasteiger partial charge in [-0.3, -0.25) is 5.14 Å². The van der Waals surface area contributed by atoms with Crippen molar-refractivity contribution in [1.82, 2.24) is 9.97 Å². The molecule has 1 rings (SSSR count). The maximum absolute atomic E-state index is 7.00. The van der Waals surface area contributed by atoms with Crippen molar-refractivity contribution in [3.8, 4) is 0 Å². The van der Waals surface area contributed by atoms with E-state index in [1.165, 1.54) is 11.9 Å². The zero-order chi connectivity index (χ0) is 13.0. The van der Waals surface area contributed by atoms with Crippen LogP contribution in [0.2, 0.25) is 0 Å². The van der Waals surface area contributed by atoms with E-state index in [4.69, 9.17) is 10.2 Å². The highest BCUT2D eigenvalue weighted by Crippen LogP contribution is 2.06. The third kappa shape index (κ3) is 8.64. The van der Waals surface area contributed by atoms with Gasteiger partial charge < -0.3 is 5.11 Å². The van der Waals surface area contributed by atoms with Gasteiger partial charge in [0.2, 0.25) is 0 Å². The van der Waals surface area contributed by atoms with Crippen LogP contribution in [0.1, 0.15) is 32.2 Å². The summed E-state index contributed by atoms with van der Waals surface area (Å²) in [5, 5.41) is 12.8. The molecule has 0 bridgehead atoms. The summed E-state index contributed by atoms with van der Waals surface area (Å²) in [6, 6.07) is 0. The van der Waals surface area contributed by atoms with Crippen LogP contribution in [0.15, 0.2) is 12.4 Å². The predicted molar refractivity (Wildman–Crippen MR) is 71.2 cm³/mol. The second-order valence-corrected chi connectivity index (χ2v) is 3.90. The van der Waals surface area contributed by atoms with Gasteiger partial charge in [-0.1, -0.05) is 32.7 Å². The van der Waals surface area contributed by atoms with Gasteiger partial charge in [0.15, 0.2) is 0 Å². The maximum atomic E-state index is 7.00. The average molecular weight is 245 g/mol. The predicted octanol–water partition coefficient (Wildman–Crippen LogP) is 1.96. The summed E-state index contributed by atoms with van der Waals surface area (Å²) in [5.74, 6) is 0.867. The molecular weight excluding hydrogens is 222 g/mol. The molecule has 0 fully saturated rings. The van der Waals surface area contributed by atoms with Gasteiger partial charge >= 0.3 is 0 Å². The molecule has 0 aliphatic heterocycles. The highest BCUT2D eigenvalue weighted by molar-refractivity contribution is 7.97. The highest BCUT2D eigenvalue weighted by atomic mass is 32.2. The lowest BCUT2D eigenvalue weighted by Gasteiger charge is -2.05. The van der Waals surface area contributed by atoms with E-state index in [9.17, 15) is 0 Å². The lowest BCUT2D eigenvalue weighted by Crippen LogP contribution is -2.07. The van der Waals surface area contributed by atoms with Crippen LogP contribution >= 0.6 is 11.9 Å². The van der Waals surface area contributed by atoms with E-state index in [0.717, 1.165) is 24.9 Å². The third-order valence-electron chi connectivity index (χ3n) is 1.54. The van der Waals surface area contributed by atoms with Crippen molar-refractivity contribution in [2.24, 2.45) is 5.14 Å². The van der Waals surface area contributed by atoms with Crippen LogP contribution in [-0.4, -0.2) is 27.4 Å². The van der Waals surface area contributed by atoms with Gasteiger partial charge in [0.05, 0.1) is 0 Å². The minimum absolute atomic E-state index is 0.382. The fourth-order valence-electron chi connectivity index (χ4n) is 0.830. The van der Waals surface area contributed by atoms with E-state index in [1.54, 1.807) is 0 Å². The molecule has 3 N–H and O–H groups in total. The first kappa shape index (κ1) is 17.7. The summed E-state index contributed by atoms with van der Waals surface area (Å²) in [6.07, 6.45) is 4.49. The fraction of sp³-hybridized carbons (Fsp3) is 0.636. The Morgan fingerprint density at radius 2 is 1.75 bits per heavy atom. The Kier molecular flexibility index (Phi) is 13.8. The minimum Gasteiger partial charge on any atom is -0.400 e. The van der Waals surface area contributed by atoms with E-state index in [2.05, 4.69) is 16.9 Å². The number of aliphatic hydroxyl groups is 1. The van der Waals surface area contributed by atoms with Crippen LogP contribution < -0.4 is 5.14 Å². The molecular formula is C11H23N3OS. The lowest BCUT2D eigenvalue weighted by atomic mass is 10.3. The first-order valence-corrected chi connectivity index (χ1v) is 6.24. The fourth-order valence-corrected chi connectivity index (χ4v) is 1.08. The molecule has 0 aromatic carbocycles. The summed E-state index contributed by atoms with van der Waals surface area (Å²) in [4.78, 5) is 8.37. The Balaban J connectivity index is 0. The Morgan fingerprint density at radius 3 is 2.12 bits per heavy atom.